The Labute approximate surface area is 122 Å². The highest BCUT2D eigenvalue weighted by Gasteiger charge is 2.29. The van der Waals surface area contributed by atoms with Crippen LogP contribution in [0.2, 0.25) is 5.02 Å². The van der Waals surface area contributed by atoms with Gasteiger partial charge < -0.3 is 10.6 Å². The highest BCUT2D eigenvalue weighted by molar-refractivity contribution is 6.34. The minimum Gasteiger partial charge on any atom is -0.397 e. The van der Waals surface area contributed by atoms with Crippen molar-refractivity contribution in [3.05, 3.63) is 32.8 Å². The number of benzene rings is 1. The van der Waals surface area contributed by atoms with Crippen molar-refractivity contribution in [2.45, 2.75) is 32.7 Å². The number of nitro groups is 1. The fourth-order valence-corrected chi connectivity index (χ4v) is 1.79. The Morgan fingerprint density at radius 3 is 2.50 bits per heavy atom. The highest BCUT2D eigenvalue weighted by atomic mass is 35.5. The topological polar surface area (TPSA) is 89.5 Å². The fraction of sp³-hybridized carbons (Fsp3) is 0.462. The molecule has 0 fully saturated rings. The van der Waals surface area contributed by atoms with Gasteiger partial charge in [0.2, 0.25) is 0 Å². The van der Waals surface area contributed by atoms with Crippen LogP contribution in [0, 0.1) is 10.1 Å². The molecule has 0 aliphatic heterocycles. The third-order valence-corrected chi connectivity index (χ3v) is 3.95. The first-order valence-electron chi connectivity index (χ1n) is 6.13. The van der Waals surface area contributed by atoms with E-state index in [4.69, 9.17) is 17.3 Å². The van der Waals surface area contributed by atoms with Gasteiger partial charge in [0, 0.05) is 24.7 Å². The van der Waals surface area contributed by atoms with E-state index < -0.39 is 4.92 Å². The SMILES string of the molecule is CCC(C)(C)N(C)C(=O)c1cc([N+](=O)[O-])cc(Cl)c1N. The van der Waals surface area contributed by atoms with Gasteiger partial charge in [-0.15, -0.1) is 0 Å². The summed E-state index contributed by atoms with van der Waals surface area (Å²) >= 11 is 5.86. The normalized spacial score (nSPS) is 11.2. The zero-order valence-electron chi connectivity index (χ0n) is 11.9. The fourth-order valence-electron chi connectivity index (χ4n) is 1.58. The second kappa shape index (κ2) is 5.66. The van der Waals surface area contributed by atoms with Crippen molar-refractivity contribution in [1.29, 1.82) is 0 Å². The molecule has 0 radical (unpaired) electrons. The van der Waals surface area contributed by atoms with Gasteiger partial charge in [0.05, 0.1) is 21.2 Å². The molecule has 110 valence electrons. The van der Waals surface area contributed by atoms with E-state index in [9.17, 15) is 14.9 Å². The third kappa shape index (κ3) is 3.01. The summed E-state index contributed by atoms with van der Waals surface area (Å²) in [6.45, 7) is 5.76. The third-order valence-electron chi connectivity index (χ3n) is 3.63. The highest BCUT2D eigenvalue weighted by Crippen LogP contribution is 2.31. The number of hydrogen-bond acceptors (Lipinski definition) is 4. The summed E-state index contributed by atoms with van der Waals surface area (Å²) in [5.74, 6) is -0.389. The van der Waals surface area contributed by atoms with E-state index in [2.05, 4.69) is 0 Å². The Balaban J connectivity index is 3.32. The van der Waals surface area contributed by atoms with Crippen LogP contribution >= 0.6 is 11.6 Å². The van der Waals surface area contributed by atoms with E-state index in [1.54, 1.807) is 7.05 Å². The first kappa shape index (κ1) is 16.2. The van der Waals surface area contributed by atoms with Gasteiger partial charge in [0.15, 0.2) is 0 Å². The average molecular weight is 300 g/mol. The number of amides is 1. The lowest BCUT2D eigenvalue weighted by molar-refractivity contribution is -0.384. The molecule has 7 heteroatoms. The van der Waals surface area contributed by atoms with E-state index in [0.717, 1.165) is 18.6 Å². The van der Waals surface area contributed by atoms with E-state index in [1.807, 2.05) is 20.8 Å². The van der Waals surface area contributed by atoms with Gasteiger partial charge in [0.25, 0.3) is 11.6 Å². The van der Waals surface area contributed by atoms with E-state index in [-0.39, 0.29) is 33.4 Å². The molecular weight excluding hydrogens is 282 g/mol. The van der Waals surface area contributed by atoms with Crippen LogP contribution in [-0.4, -0.2) is 28.3 Å². The van der Waals surface area contributed by atoms with Crippen molar-refractivity contribution in [2.75, 3.05) is 12.8 Å². The molecule has 2 N–H and O–H groups in total. The Morgan fingerprint density at radius 2 is 2.05 bits per heavy atom. The molecule has 0 spiro atoms. The molecule has 0 aliphatic carbocycles. The molecule has 1 aromatic carbocycles. The lowest BCUT2D eigenvalue weighted by Gasteiger charge is -2.35. The summed E-state index contributed by atoms with van der Waals surface area (Å²) in [7, 11) is 1.64. The number of anilines is 1. The van der Waals surface area contributed by atoms with Crippen molar-refractivity contribution in [2.24, 2.45) is 0 Å². The number of hydrogen-bond donors (Lipinski definition) is 1. The molecule has 0 saturated carbocycles. The van der Waals surface area contributed by atoms with Crippen LogP contribution in [0.25, 0.3) is 0 Å². The van der Waals surface area contributed by atoms with Crippen molar-refractivity contribution in [3.63, 3.8) is 0 Å². The van der Waals surface area contributed by atoms with Gasteiger partial charge in [-0.2, -0.15) is 0 Å². The van der Waals surface area contributed by atoms with Gasteiger partial charge in [-0.1, -0.05) is 18.5 Å². The second-order valence-corrected chi connectivity index (χ2v) is 5.58. The largest absolute Gasteiger partial charge is 0.397 e. The van der Waals surface area contributed by atoms with Crippen LogP contribution in [0.1, 0.15) is 37.6 Å². The molecule has 6 nitrogen and oxygen atoms in total. The molecule has 0 saturated heterocycles. The molecule has 0 atom stereocenters. The number of carbonyl (C=O) groups is 1. The molecule has 20 heavy (non-hydrogen) atoms. The lowest BCUT2D eigenvalue weighted by atomic mass is 9.98. The molecule has 0 bridgehead atoms. The van der Waals surface area contributed by atoms with Gasteiger partial charge >= 0.3 is 0 Å². The number of nitrogens with zero attached hydrogens (tertiary/aromatic N) is 2. The maximum Gasteiger partial charge on any atom is 0.271 e. The van der Waals surface area contributed by atoms with Gasteiger partial charge in [0.1, 0.15) is 0 Å². The summed E-state index contributed by atoms with van der Waals surface area (Å²) < 4.78 is 0. The van der Waals surface area contributed by atoms with Crippen LogP contribution in [0.3, 0.4) is 0 Å². The minimum absolute atomic E-state index is 0.00487. The van der Waals surface area contributed by atoms with E-state index in [0.29, 0.717) is 0 Å². The zero-order valence-corrected chi connectivity index (χ0v) is 12.7. The number of halogens is 1. The number of nitro benzene ring substituents is 1. The summed E-state index contributed by atoms with van der Waals surface area (Å²) in [6.07, 6.45) is 0.734. The Morgan fingerprint density at radius 1 is 1.50 bits per heavy atom. The summed E-state index contributed by atoms with van der Waals surface area (Å²) in [5.41, 5.74) is 5.24. The molecule has 0 unspecified atom stereocenters. The first-order valence-corrected chi connectivity index (χ1v) is 6.51. The molecule has 1 rings (SSSR count). The quantitative estimate of drug-likeness (QED) is 0.525. The number of non-ortho nitro benzene ring substituents is 1. The standard InChI is InChI=1S/C13H18ClN3O3/c1-5-13(2,3)16(4)12(18)9-6-8(17(19)20)7-10(14)11(9)15/h6-7H,5,15H2,1-4H3. The van der Waals surface area contributed by atoms with Crippen LogP contribution in [0.15, 0.2) is 12.1 Å². The van der Waals surface area contributed by atoms with Gasteiger partial charge in [-0.25, -0.2) is 0 Å². The molecule has 1 amide bonds. The Bertz CT molecular complexity index is 558. The van der Waals surface area contributed by atoms with E-state index >= 15 is 0 Å². The summed E-state index contributed by atoms with van der Waals surface area (Å²) in [5, 5.41) is 10.8. The number of rotatable bonds is 4. The van der Waals surface area contributed by atoms with Crippen molar-refractivity contribution >= 4 is 28.9 Å². The Kier molecular flexibility index (Phi) is 4.60. The van der Waals surface area contributed by atoms with E-state index in [1.165, 1.54) is 4.90 Å². The maximum atomic E-state index is 12.5. The zero-order chi connectivity index (χ0) is 15.7. The van der Waals surface area contributed by atoms with Gasteiger partial charge in [-0.05, 0) is 20.3 Å². The van der Waals surface area contributed by atoms with Crippen LogP contribution in [0.4, 0.5) is 11.4 Å². The smallest absolute Gasteiger partial charge is 0.271 e. The second-order valence-electron chi connectivity index (χ2n) is 5.18. The predicted octanol–water partition coefficient (Wildman–Crippen LogP) is 3.09. The molecule has 0 heterocycles. The number of nitrogen functional groups attached to an aromatic ring is 1. The predicted molar refractivity (Wildman–Crippen MR) is 79.0 cm³/mol. The summed E-state index contributed by atoms with van der Waals surface area (Å²) in [4.78, 5) is 24.2. The van der Waals surface area contributed by atoms with Crippen molar-refractivity contribution in [1.82, 2.24) is 4.90 Å². The van der Waals surface area contributed by atoms with Crippen molar-refractivity contribution in [3.8, 4) is 0 Å². The van der Waals surface area contributed by atoms with Crippen LogP contribution in [0.5, 0.6) is 0 Å². The summed E-state index contributed by atoms with van der Waals surface area (Å²) in [6, 6.07) is 2.30. The first-order chi connectivity index (χ1) is 9.11. The minimum atomic E-state index is -0.604. The maximum absolute atomic E-state index is 12.5. The Hall–Kier alpha value is -1.82. The van der Waals surface area contributed by atoms with Crippen molar-refractivity contribution < 1.29 is 9.72 Å². The monoisotopic (exact) mass is 299 g/mol. The number of nitrogens with two attached hydrogens (primary N) is 1. The lowest BCUT2D eigenvalue weighted by Crippen LogP contribution is -2.44. The molecular formula is C13H18ClN3O3. The average Bonchev–Trinajstić information content (AvgIpc) is 2.39. The molecule has 1 aromatic rings. The molecule has 0 aliphatic rings. The number of carbonyl (C=O) groups excluding carboxylic acids is 1. The molecule has 0 aromatic heterocycles. The van der Waals surface area contributed by atoms with Crippen LogP contribution in [-0.2, 0) is 0 Å². The van der Waals surface area contributed by atoms with Crippen LogP contribution < -0.4 is 5.73 Å². The van der Waals surface area contributed by atoms with Gasteiger partial charge in [-0.3, -0.25) is 14.9 Å².